The van der Waals surface area contributed by atoms with Crippen molar-refractivity contribution in [1.29, 1.82) is 0 Å². The number of para-hydroxylation sites is 2. The fourth-order valence-corrected chi connectivity index (χ4v) is 3.09. The zero-order valence-electron chi connectivity index (χ0n) is 15.4. The lowest BCUT2D eigenvalue weighted by molar-refractivity contribution is -0.115. The standard InChI is InChI=1S/C20H24FN5O/c1-22-20(23-15-19(27)24-16-7-3-2-4-8-16)26-13-11-25(12-14-26)18-10-6-5-9-17(18)21/h2-10H,11-15H2,1H3,(H,22,23)(H,24,27). The number of carbonyl (C=O) groups is 1. The molecule has 1 aliphatic heterocycles. The van der Waals surface area contributed by atoms with Crippen LogP contribution in [0.2, 0.25) is 0 Å². The molecule has 0 aromatic heterocycles. The maximum absolute atomic E-state index is 13.9. The number of nitrogens with one attached hydrogen (secondary N) is 2. The van der Waals surface area contributed by atoms with Crippen molar-refractivity contribution in [2.45, 2.75) is 0 Å². The van der Waals surface area contributed by atoms with Crippen LogP contribution in [0.4, 0.5) is 15.8 Å². The van der Waals surface area contributed by atoms with Crippen LogP contribution in [0.5, 0.6) is 0 Å². The van der Waals surface area contributed by atoms with E-state index in [1.54, 1.807) is 19.2 Å². The van der Waals surface area contributed by atoms with Gasteiger partial charge in [0.1, 0.15) is 5.82 Å². The van der Waals surface area contributed by atoms with Crippen LogP contribution in [0.25, 0.3) is 0 Å². The van der Waals surface area contributed by atoms with Gasteiger partial charge in [0, 0.05) is 38.9 Å². The molecule has 1 fully saturated rings. The Labute approximate surface area is 158 Å². The number of aliphatic imine (C=N–C) groups is 1. The zero-order chi connectivity index (χ0) is 19.1. The van der Waals surface area contributed by atoms with E-state index in [0.29, 0.717) is 37.8 Å². The Morgan fingerprint density at radius 2 is 1.70 bits per heavy atom. The van der Waals surface area contributed by atoms with Crippen LogP contribution >= 0.6 is 0 Å². The smallest absolute Gasteiger partial charge is 0.243 e. The molecule has 0 spiro atoms. The second kappa shape index (κ2) is 9.02. The minimum absolute atomic E-state index is 0.132. The van der Waals surface area contributed by atoms with Crippen molar-refractivity contribution < 1.29 is 9.18 Å². The molecule has 3 rings (SSSR count). The first-order valence-corrected chi connectivity index (χ1v) is 8.97. The highest BCUT2D eigenvalue weighted by Gasteiger charge is 2.21. The highest BCUT2D eigenvalue weighted by Crippen LogP contribution is 2.20. The molecule has 2 aromatic carbocycles. The quantitative estimate of drug-likeness (QED) is 0.641. The Bertz CT molecular complexity index is 788. The Morgan fingerprint density at radius 3 is 2.37 bits per heavy atom. The van der Waals surface area contributed by atoms with Crippen LogP contribution in [0.1, 0.15) is 0 Å². The number of hydrogen-bond donors (Lipinski definition) is 2. The van der Waals surface area contributed by atoms with Crippen LogP contribution in [0.15, 0.2) is 59.6 Å². The molecular weight excluding hydrogens is 345 g/mol. The highest BCUT2D eigenvalue weighted by molar-refractivity contribution is 5.95. The van der Waals surface area contributed by atoms with Crippen LogP contribution in [-0.4, -0.2) is 56.5 Å². The lowest BCUT2D eigenvalue weighted by atomic mass is 10.2. The summed E-state index contributed by atoms with van der Waals surface area (Å²) in [6.07, 6.45) is 0. The Kier molecular flexibility index (Phi) is 6.25. The molecule has 1 aliphatic rings. The average molecular weight is 369 g/mol. The first kappa shape index (κ1) is 18.7. The summed E-state index contributed by atoms with van der Waals surface area (Å²) in [4.78, 5) is 20.5. The monoisotopic (exact) mass is 369 g/mol. The highest BCUT2D eigenvalue weighted by atomic mass is 19.1. The molecule has 142 valence electrons. The lowest BCUT2D eigenvalue weighted by Crippen LogP contribution is -2.53. The van der Waals surface area contributed by atoms with Crippen molar-refractivity contribution >= 4 is 23.2 Å². The maximum atomic E-state index is 13.9. The zero-order valence-corrected chi connectivity index (χ0v) is 15.4. The minimum Gasteiger partial charge on any atom is -0.366 e. The predicted octanol–water partition coefficient (Wildman–Crippen LogP) is 2.16. The van der Waals surface area contributed by atoms with Gasteiger partial charge in [0.05, 0.1) is 12.2 Å². The van der Waals surface area contributed by atoms with Gasteiger partial charge in [-0.15, -0.1) is 0 Å². The van der Waals surface area contributed by atoms with Gasteiger partial charge in [-0.25, -0.2) is 4.39 Å². The van der Waals surface area contributed by atoms with E-state index in [4.69, 9.17) is 0 Å². The van der Waals surface area contributed by atoms with Gasteiger partial charge in [0.25, 0.3) is 0 Å². The fourth-order valence-electron chi connectivity index (χ4n) is 3.09. The fraction of sp³-hybridized carbons (Fsp3) is 0.300. The number of benzene rings is 2. The van der Waals surface area contributed by atoms with Gasteiger partial charge in [0.2, 0.25) is 5.91 Å². The minimum atomic E-state index is -0.203. The van der Waals surface area contributed by atoms with Gasteiger partial charge in [0.15, 0.2) is 5.96 Å². The third-order valence-electron chi connectivity index (χ3n) is 4.45. The van der Waals surface area contributed by atoms with Crippen molar-refractivity contribution in [1.82, 2.24) is 10.2 Å². The van der Waals surface area contributed by atoms with Crippen LogP contribution in [0.3, 0.4) is 0 Å². The van der Waals surface area contributed by atoms with Crippen LogP contribution in [0, 0.1) is 5.82 Å². The molecule has 0 bridgehead atoms. The average Bonchev–Trinajstić information content (AvgIpc) is 2.70. The third-order valence-corrected chi connectivity index (χ3v) is 4.45. The first-order valence-electron chi connectivity index (χ1n) is 8.97. The van der Waals surface area contributed by atoms with Gasteiger partial charge in [-0.05, 0) is 24.3 Å². The van der Waals surface area contributed by atoms with Gasteiger partial charge in [-0.3, -0.25) is 9.79 Å². The number of carbonyl (C=O) groups excluding carboxylic acids is 1. The van der Waals surface area contributed by atoms with E-state index in [9.17, 15) is 9.18 Å². The number of hydrogen-bond acceptors (Lipinski definition) is 3. The van der Waals surface area contributed by atoms with Crippen molar-refractivity contribution in [3.63, 3.8) is 0 Å². The summed E-state index contributed by atoms with van der Waals surface area (Å²) >= 11 is 0. The number of amides is 1. The van der Waals surface area contributed by atoms with Gasteiger partial charge < -0.3 is 20.4 Å². The topological polar surface area (TPSA) is 60.0 Å². The summed E-state index contributed by atoms with van der Waals surface area (Å²) in [6.45, 7) is 2.92. The molecule has 6 nitrogen and oxygen atoms in total. The number of anilines is 2. The van der Waals surface area contributed by atoms with E-state index in [1.165, 1.54) is 6.07 Å². The van der Waals surface area contributed by atoms with Crippen LogP contribution in [-0.2, 0) is 4.79 Å². The molecule has 0 aliphatic carbocycles. The number of guanidine groups is 1. The molecule has 1 saturated heterocycles. The molecule has 7 heteroatoms. The van der Waals surface area contributed by atoms with Gasteiger partial charge in [-0.2, -0.15) is 0 Å². The van der Waals surface area contributed by atoms with E-state index in [2.05, 4.69) is 20.5 Å². The molecule has 0 saturated carbocycles. The molecule has 0 radical (unpaired) electrons. The maximum Gasteiger partial charge on any atom is 0.243 e. The third kappa shape index (κ3) is 4.97. The first-order chi connectivity index (χ1) is 13.2. The largest absolute Gasteiger partial charge is 0.366 e. The molecule has 1 heterocycles. The number of halogens is 1. The van der Waals surface area contributed by atoms with E-state index in [0.717, 1.165) is 5.69 Å². The van der Waals surface area contributed by atoms with E-state index in [1.807, 2.05) is 41.3 Å². The summed E-state index contributed by atoms with van der Waals surface area (Å²) in [5.74, 6) is 0.338. The molecular formula is C20H24FN5O. The van der Waals surface area contributed by atoms with E-state index in [-0.39, 0.29) is 18.3 Å². The molecule has 27 heavy (non-hydrogen) atoms. The Morgan fingerprint density at radius 1 is 1.04 bits per heavy atom. The Hall–Kier alpha value is -3.09. The van der Waals surface area contributed by atoms with Gasteiger partial charge in [-0.1, -0.05) is 30.3 Å². The molecule has 0 unspecified atom stereocenters. The van der Waals surface area contributed by atoms with Crippen LogP contribution < -0.4 is 15.5 Å². The Balaban J connectivity index is 1.49. The van der Waals surface area contributed by atoms with Crippen molar-refractivity contribution in [3.05, 3.63) is 60.4 Å². The second-order valence-corrected chi connectivity index (χ2v) is 6.24. The van der Waals surface area contributed by atoms with E-state index >= 15 is 0 Å². The van der Waals surface area contributed by atoms with Crippen molar-refractivity contribution in [3.8, 4) is 0 Å². The van der Waals surface area contributed by atoms with Gasteiger partial charge >= 0.3 is 0 Å². The summed E-state index contributed by atoms with van der Waals surface area (Å²) in [7, 11) is 1.70. The van der Waals surface area contributed by atoms with E-state index < -0.39 is 0 Å². The summed E-state index contributed by atoms with van der Waals surface area (Å²) < 4.78 is 13.9. The number of rotatable bonds is 4. The van der Waals surface area contributed by atoms with Crippen molar-refractivity contribution in [2.24, 2.45) is 4.99 Å². The van der Waals surface area contributed by atoms with Crippen molar-refractivity contribution in [2.75, 3.05) is 50.0 Å². The molecule has 2 N–H and O–H groups in total. The summed E-state index contributed by atoms with van der Waals surface area (Å²) in [5, 5.41) is 5.93. The molecule has 0 atom stereocenters. The molecule has 1 amide bonds. The molecule has 2 aromatic rings. The predicted molar refractivity (Wildman–Crippen MR) is 107 cm³/mol. The number of nitrogens with zero attached hydrogens (tertiary/aromatic N) is 3. The SMILES string of the molecule is CN=C(NCC(=O)Nc1ccccc1)N1CCN(c2ccccc2F)CC1. The number of piperazine rings is 1. The summed E-state index contributed by atoms with van der Waals surface area (Å²) in [5.41, 5.74) is 1.39. The lowest BCUT2D eigenvalue weighted by Gasteiger charge is -2.37. The summed E-state index contributed by atoms with van der Waals surface area (Å²) in [6, 6.07) is 16.1. The second-order valence-electron chi connectivity index (χ2n) is 6.24. The normalized spacial score (nSPS) is 14.8.